The number of urea groups is 1. The number of carbonyl (C=O) groups excluding carboxylic acids is 2. The summed E-state index contributed by atoms with van der Waals surface area (Å²) in [7, 11) is -4.43. The number of hydrogen-bond acceptors (Lipinski definition) is 5. The smallest absolute Gasteiger partial charge is 0.310 e. The van der Waals surface area contributed by atoms with Gasteiger partial charge in [-0.2, -0.15) is 0 Å². The number of aryl methyl sites for hydroxylation is 1. The first-order valence-electron chi connectivity index (χ1n) is 9.33. The molecule has 4 rings (SSSR count). The SMILES string of the molecule is Cc1cc(CN2CC(=O)N(c3cc(F)c(S(C)(=O)=O)c(F)c3F)C2=O)c2ccccc2n1. The Labute approximate surface area is 181 Å². The maximum atomic E-state index is 14.6. The zero-order valence-electron chi connectivity index (χ0n) is 16.9. The van der Waals surface area contributed by atoms with E-state index in [9.17, 15) is 31.2 Å². The number of amides is 3. The maximum absolute atomic E-state index is 14.6. The monoisotopic (exact) mass is 463 g/mol. The molecular formula is C21H16F3N3O4S. The molecule has 3 amide bonds. The van der Waals surface area contributed by atoms with Crippen LogP contribution >= 0.6 is 0 Å². The second kappa shape index (κ2) is 7.59. The van der Waals surface area contributed by atoms with Crippen LogP contribution in [0.1, 0.15) is 11.3 Å². The highest BCUT2D eigenvalue weighted by molar-refractivity contribution is 7.90. The number of rotatable bonds is 4. The van der Waals surface area contributed by atoms with Crippen LogP contribution < -0.4 is 4.90 Å². The van der Waals surface area contributed by atoms with E-state index in [4.69, 9.17) is 0 Å². The molecule has 2 heterocycles. The van der Waals surface area contributed by atoms with Crippen LogP contribution in [0.15, 0.2) is 41.3 Å². The number of hydrogen-bond donors (Lipinski definition) is 0. The van der Waals surface area contributed by atoms with E-state index in [1.54, 1.807) is 37.3 Å². The summed E-state index contributed by atoms with van der Waals surface area (Å²) in [6.45, 7) is 1.29. The Morgan fingerprint density at radius 1 is 1.06 bits per heavy atom. The summed E-state index contributed by atoms with van der Waals surface area (Å²) in [6.07, 6.45) is 0.516. The third-order valence-corrected chi connectivity index (χ3v) is 6.15. The fourth-order valence-corrected chi connectivity index (χ4v) is 4.54. The lowest BCUT2D eigenvalue weighted by Gasteiger charge is -2.19. The van der Waals surface area contributed by atoms with Crippen LogP contribution in [-0.2, 0) is 21.2 Å². The fraction of sp³-hybridized carbons (Fsp3) is 0.190. The first kappa shape index (κ1) is 21.8. The van der Waals surface area contributed by atoms with Crippen LogP contribution in [0.25, 0.3) is 10.9 Å². The summed E-state index contributed by atoms with van der Waals surface area (Å²) >= 11 is 0. The van der Waals surface area contributed by atoms with E-state index in [1.165, 1.54) is 0 Å². The van der Waals surface area contributed by atoms with Crippen molar-refractivity contribution in [3.8, 4) is 0 Å². The molecule has 0 spiro atoms. The van der Waals surface area contributed by atoms with Gasteiger partial charge in [-0.25, -0.2) is 31.3 Å². The molecule has 0 N–H and O–H groups in total. The summed E-state index contributed by atoms with van der Waals surface area (Å²) in [6, 6.07) is 8.26. The molecular weight excluding hydrogens is 447 g/mol. The van der Waals surface area contributed by atoms with Crippen LogP contribution in [0.2, 0.25) is 0 Å². The lowest BCUT2D eigenvalue weighted by Crippen LogP contribution is -2.34. The summed E-state index contributed by atoms with van der Waals surface area (Å²) in [5.41, 5.74) is 1.06. The average Bonchev–Trinajstić information content (AvgIpc) is 2.96. The van der Waals surface area contributed by atoms with E-state index in [0.717, 1.165) is 10.3 Å². The highest BCUT2D eigenvalue weighted by atomic mass is 32.2. The number of halogens is 3. The lowest BCUT2D eigenvalue weighted by molar-refractivity contribution is -0.116. The van der Waals surface area contributed by atoms with E-state index in [0.29, 0.717) is 34.0 Å². The molecule has 1 aliphatic rings. The van der Waals surface area contributed by atoms with Gasteiger partial charge in [-0.05, 0) is 24.6 Å². The van der Waals surface area contributed by atoms with Crippen molar-refractivity contribution in [3.63, 3.8) is 0 Å². The van der Waals surface area contributed by atoms with Gasteiger partial charge in [0.25, 0.3) is 5.91 Å². The minimum atomic E-state index is -4.43. The van der Waals surface area contributed by atoms with Crippen LogP contribution in [0.3, 0.4) is 0 Å². The summed E-state index contributed by atoms with van der Waals surface area (Å²) in [5, 5.41) is 0.748. The van der Waals surface area contributed by atoms with Gasteiger partial charge in [0.1, 0.15) is 17.3 Å². The molecule has 0 radical (unpaired) electrons. The number of benzene rings is 2. The minimum absolute atomic E-state index is 0.0288. The van der Waals surface area contributed by atoms with Gasteiger partial charge >= 0.3 is 6.03 Å². The summed E-state index contributed by atoms with van der Waals surface area (Å²) < 4.78 is 66.4. The zero-order valence-corrected chi connectivity index (χ0v) is 17.7. The summed E-state index contributed by atoms with van der Waals surface area (Å²) in [5.74, 6) is -6.30. The van der Waals surface area contributed by atoms with Gasteiger partial charge in [0.15, 0.2) is 21.5 Å². The standard InChI is InChI=1S/C21H16F3N3O4S/c1-11-7-12(13-5-3-4-6-15(13)25-11)9-26-10-17(28)27(21(26)29)16-8-14(22)20(32(2,30)31)19(24)18(16)23/h3-8H,9-10H2,1-2H3. The highest BCUT2D eigenvalue weighted by Gasteiger charge is 2.40. The van der Waals surface area contributed by atoms with Crippen LogP contribution in [0.4, 0.5) is 23.7 Å². The van der Waals surface area contributed by atoms with E-state index in [1.807, 2.05) is 0 Å². The Morgan fingerprint density at radius 2 is 1.75 bits per heavy atom. The Morgan fingerprint density at radius 3 is 2.44 bits per heavy atom. The predicted octanol–water partition coefficient (Wildman–Crippen LogP) is 3.33. The molecule has 1 fully saturated rings. The maximum Gasteiger partial charge on any atom is 0.332 e. The number of fused-ring (bicyclic) bond motifs is 1. The molecule has 0 aliphatic carbocycles. The van der Waals surface area contributed by atoms with Gasteiger partial charge in [0, 0.05) is 29.9 Å². The van der Waals surface area contributed by atoms with Crippen molar-refractivity contribution < 1.29 is 31.2 Å². The molecule has 11 heteroatoms. The van der Waals surface area contributed by atoms with Crippen LogP contribution in [-0.4, -0.2) is 43.0 Å². The Hall–Kier alpha value is -3.47. The average molecular weight is 463 g/mol. The third-order valence-electron chi connectivity index (χ3n) is 5.04. The molecule has 3 aromatic rings. The molecule has 0 atom stereocenters. The van der Waals surface area contributed by atoms with Crippen molar-refractivity contribution in [2.24, 2.45) is 0 Å². The van der Waals surface area contributed by atoms with E-state index >= 15 is 0 Å². The van der Waals surface area contributed by atoms with Gasteiger partial charge in [-0.15, -0.1) is 0 Å². The normalized spacial score (nSPS) is 14.7. The lowest BCUT2D eigenvalue weighted by atomic mass is 10.1. The molecule has 1 saturated heterocycles. The number of para-hydroxylation sites is 1. The fourth-order valence-electron chi connectivity index (χ4n) is 3.71. The molecule has 0 unspecified atom stereocenters. The molecule has 32 heavy (non-hydrogen) atoms. The van der Waals surface area contributed by atoms with Crippen molar-refractivity contribution in [1.29, 1.82) is 0 Å². The topological polar surface area (TPSA) is 87.7 Å². The van der Waals surface area contributed by atoms with Crippen molar-refractivity contribution in [2.75, 3.05) is 17.7 Å². The molecule has 7 nitrogen and oxygen atoms in total. The van der Waals surface area contributed by atoms with Crippen molar-refractivity contribution in [3.05, 3.63) is 65.1 Å². The molecule has 1 aromatic heterocycles. The molecule has 1 aliphatic heterocycles. The number of anilines is 1. The second-order valence-electron chi connectivity index (χ2n) is 7.41. The number of aromatic nitrogens is 1. The Bertz CT molecular complexity index is 1410. The van der Waals surface area contributed by atoms with Gasteiger partial charge in [-0.1, -0.05) is 18.2 Å². The number of nitrogens with zero attached hydrogens (tertiary/aromatic N) is 3. The minimum Gasteiger partial charge on any atom is -0.310 e. The van der Waals surface area contributed by atoms with Gasteiger partial charge in [0.2, 0.25) is 0 Å². The quantitative estimate of drug-likeness (QED) is 0.438. The van der Waals surface area contributed by atoms with E-state index in [2.05, 4.69) is 4.98 Å². The largest absolute Gasteiger partial charge is 0.332 e. The number of imide groups is 1. The number of carbonyl (C=O) groups is 2. The van der Waals surface area contributed by atoms with Gasteiger partial charge < -0.3 is 4.90 Å². The van der Waals surface area contributed by atoms with Crippen LogP contribution in [0, 0.1) is 24.4 Å². The zero-order chi connectivity index (χ0) is 23.4. The second-order valence-corrected chi connectivity index (χ2v) is 9.37. The highest BCUT2D eigenvalue weighted by Crippen LogP contribution is 2.32. The van der Waals surface area contributed by atoms with E-state index < -0.39 is 56.4 Å². The first-order chi connectivity index (χ1) is 15.0. The van der Waals surface area contributed by atoms with Gasteiger partial charge in [0.05, 0.1) is 11.2 Å². The number of sulfone groups is 1. The Balaban J connectivity index is 1.72. The summed E-state index contributed by atoms with van der Waals surface area (Å²) in [4.78, 5) is 29.7. The number of pyridine rings is 1. The third kappa shape index (κ3) is 3.58. The van der Waals surface area contributed by atoms with Gasteiger partial charge in [-0.3, -0.25) is 9.78 Å². The molecule has 166 valence electrons. The van der Waals surface area contributed by atoms with Crippen molar-refractivity contribution in [1.82, 2.24) is 9.88 Å². The van der Waals surface area contributed by atoms with E-state index in [-0.39, 0.29) is 6.54 Å². The first-order valence-corrected chi connectivity index (χ1v) is 11.2. The molecule has 0 saturated carbocycles. The Kier molecular flexibility index (Phi) is 5.16. The molecule has 2 aromatic carbocycles. The van der Waals surface area contributed by atoms with Crippen molar-refractivity contribution >= 4 is 38.4 Å². The molecule has 0 bridgehead atoms. The van der Waals surface area contributed by atoms with Crippen molar-refractivity contribution in [2.45, 2.75) is 18.4 Å². The predicted molar refractivity (Wildman–Crippen MR) is 109 cm³/mol. The van der Waals surface area contributed by atoms with Crippen LogP contribution in [0.5, 0.6) is 0 Å².